The molecule has 0 unspecified atom stereocenters. The molecule has 74 valence electrons. The van der Waals surface area contributed by atoms with Gasteiger partial charge in [0.05, 0.1) is 11.4 Å². The van der Waals surface area contributed by atoms with E-state index in [-0.39, 0.29) is 0 Å². The molecule has 0 fully saturated rings. The Balaban J connectivity index is 1.96. The van der Waals surface area contributed by atoms with Crippen LogP contribution in [0.1, 0.15) is 11.4 Å². The second-order valence-electron chi connectivity index (χ2n) is 2.98. The lowest BCUT2D eigenvalue weighted by Crippen LogP contribution is -1.75. The molecule has 0 atom stereocenters. The molecule has 2 aromatic heterocycles. The zero-order chi connectivity index (χ0) is 10.3. The third-order valence-corrected chi connectivity index (χ3v) is 1.86. The summed E-state index contributed by atoms with van der Waals surface area (Å²) in [5.74, 6) is 0. The molecule has 0 aliphatic carbocycles. The number of aromatic nitrogens is 3. The molecule has 3 heteroatoms. The molecule has 0 saturated heterocycles. The van der Waals surface area contributed by atoms with Gasteiger partial charge in [-0.15, -0.1) is 0 Å². The molecule has 0 bridgehead atoms. The molecule has 2 aromatic rings. The fourth-order valence-corrected chi connectivity index (χ4v) is 1.15. The lowest BCUT2D eigenvalue weighted by molar-refractivity contribution is 1.08. The van der Waals surface area contributed by atoms with E-state index in [1.54, 1.807) is 12.4 Å². The Morgan fingerprint density at radius 2 is 1.93 bits per heavy atom. The normalized spacial score (nSPS) is 11.5. The first kappa shape index (κ1) is 9.40. The summed E-state index contributed by atoms with van der Waals surface area (Å²) in [6.45, 7) is 0. The van der Waals surface area contributed by atoms with E-state index in [0.717, 1.165) is 11.4 Å². The van der Waals surface area contributed by atoms with E-state index in [9.17, 15) is 0 Å². The van der Waals surface area contributed by atoms with E-state index < -0.39 is 0 Å². The quantitative estimate of drug-likeness (QED) is 0.768. The molecule has 0 aliphatic rings. The number of rotatable bonds is 3. The van der Waals surface area contributed by atoms with Gasteiger partial charge < -0.3 is 0 Å². The first-order chi connectivity index (χ1) is 7.45. The van der Waals surface area contributed by atoms with Crippen LogP contribution in [0.15, 0.2) is 48.8 Å². The monoisotopic (exact) mass is 197 g/mol. The van der Waals surface area contributed by atoms with Crippen LogP contribution in [0.4, 0.5) is 0 Å². The number of hydrogen-bond donors (Lipinski definition) is 1. The maximum Gasteiger partial charge on any atom is 0.0629 e. The van der Waals surface area contributed by atoms with E-state index in [0.29, 0.717) is 0 Å². The highest BCUT2D eigenvalue weighted by atomic mass is 15.1. The Morgan fingerprint density at radius 1 is 1.00 bits per heavy atom. The highest BCUT2D eigenvalue weighted by Gasteiger charge is 1.83. The predicted molar refractivity (Wildman–Crippen MR) is 60.9 cm³/mol. The second-order valence-corrected chi connectivity index (χ2v) is 2.98. The molecule has 0 aliphatic heterocycles. The molecule has 1 N–H and O–H groups in total. The van der Waals surface area contributed by atoms with Gasteiger partial charge in [0.15, 0.2) is 0 Å². The summed E-state index contributed by atoms with van der Waals surface area (Å²) < 4.78 is 0. The van der Waals surface area contributed by atoms with Gasteiger partial charge in [0.25, 0.3) is 0 Å². The molecule has 2 rings (SSSR count). The van der Waals surface area contributed by atoms with Gasteiger partial charge in [0, 0.05) is 12.4 Å². The van der Waals surface area contributed by atoms with Crippen LogP contribution in [-0.4, -0.2) is 15.2 Å². The average molecular weight is 197 g/mol. The molecule has 0 spiro atoms. The zero-order valence-electron chi connectivity index (χ0n) is 8.17. The van der Waals surface area contributed by atoms with Crippen LogP contribution in [0.3, 0.4) is 0 Å². The summed E-state index contributed by atoms with van der Waals surface area (Å²) in [5, 5.41) is 6.70. The van der Waals surface area contributed by atoms with Gasteiger partial charge in [-0.25, -0.2) is 0 Å². The van der Waals surface area contributed by atoms with E-state index in [4.69, 9.17) is 0 Å². The highest BCUT2D eigenvalue weighted by Crippen LogP contribution is 1.98. The summed E-state index contributed by atoms with van der Waals surface area (Å²) in [6, 6.07) is 7.73. The minimum atomic E-state index is 0.951. The number of nitrogens with zero attached hydrogens (tertiary/aromatic N) is 2. The molecule has 0 amide bonds. The van der Waals surface area contributed by atoms with Crippen molar-refractivity contribution in [1.29, 1.82) is 0 Å². The summed E-state index contributed by atoms with van der Waals surface area (Å²) in [6.07, 6.45) is 11.3. The Morgan fingerprint density at radius 3 is 2.67 bits per heavy atom. The SMILES string of the molecule is C(/C=C/c1ccn[nH]1)=C\c1ccccn1. The molecule has 0 radical (unpaired) electrons. The molecular weight excluding hydrogens is 186 g/mol. The molecule has 3 nitrogen and oxygen atoms in total. The Kier molecular flexibility index (Phi) is 3.07. The van der Waals surface area contributed by atoms with Crippen LogP contribution < -0.4 is 0 Å². The molecule has 15 heavy (non-hydrogen) atoms. The van der Waals surface area contributed by atoms with Gasteiger partial charge in [-0.1, -0.05) is 18.2 Å². The third kappa shape index (κ3) is 2.91. The second kappa shape index (κ2) is 4.91. The van der Waals surface area contributed by atoms with Crippen molar-refractivity contribution in [2.45, 2.75) is 0 Å². The van der Waals surface area contributed by atoms with Crippen molar-refractivity contribution < 1.29 is 0 Å². The van der Waals surface area contributed by atoms with Crippen molar-refractivity contribution in [2.24, 2.45) is 0 Å². The smallest absolute Gasteiger partial charge is 0.0629 e. The molecule has 0 aromatic carbocycles. The lowest BCUT2D eigenvalue weighted by atomic mass is 10.3. The van der Waals surface area contributed by atoms with Gasteiger partial charge in [-0.2, -0.15) is 5.10 Å². The number of hydrogen-bond acceptors (Lipinski definition) is 2. The molecular formula is C12H11N3. The van der Waals surface area contributed by atoms with Crippen molar-refractivity contribution in [1.82, 2.24) is 15.2 Å². The van der Waals surface area contributed by atoms with Gasteiger partial charge in [0.1, 0.15) is 0 Å². The maximum atomic E-state index is 4.17. The van der Waals surface area contributed by atoms with Crippen LogP contribution in [0.5, 0.6) is 0 Å². The predicted octanol–water partition coefficient (Wildman–Crippen LogP) is 2.53. The van der Waals surface area contributed by atoms with Crippen LogP contribution in [0, 0.1) is 0 Å². The fourth-order valence-electron chi connectivity index (χ4n) is 1.15. The minimum Gasteiger partial charge on any atom is -0.278 e. The Hall–Kier alpha value is -2.16. The Labute approximate surface area is 88.2 Å². The minimum absolute atomic E-state index is 0.951. The van der Waals surface area contributed by atoms with E-state index >= 15 is 0 Å². The summed E-state index contributed by atoms with van der Waals surface area (Å²) in [4.78, 5) is 4.17. The van der Waals surface area contributed by atoms with Gasteiger partial charge in [-0.05, 0) is 30.4 Å². The first-order valence-corrected chi connectivity index (χ1v) is 4.70. The largest absolute Gasteiger partial charge is 0.278 e. The lowest BCUT2D eigenvalue weighted by Gasteiger charge is -1.87. The van der Waals surface area contributed by atoms with E-state index in [2.05, 4.69) is 15.2 Å². The first-order valence-electron chi connectivity index (χ1n) is 4.70. The summed E-state index contributed by atoms with van der Waals surface area (Å²) in [5.41, 5.74) is 1.94. The number of nitrogens with one attached hydrogen (secondary N) is 1. The fraction of sp³-hybridized carbons (Fsp3) is 0. The van der Waals surface area contributed by atoms with Gasteiger partial charge in [-0.3, -0.25) is 10.1 Å². The standard InChI is InChI=1S/C12H11N3/c1(2-7-12-8-10-14-15-12)5-11-6-3-4-9-13-11/h1-10H,(H,14,15)/b5-1+,7-2+. The van der Waals surface area contributed by atoms with Crippen molar-refractivity contribution >= 4 is 12.2 Å². The number of allylic oxidation sites excluding steroid dienone is 2. The number of H-pyrrole nitrogens is 1. The summed E-state index contributed by atoms with van der Waals surface area (Å²) >= 11 is 0. The van der Waals surface area contributed by atoms with Crippen LogP contribution in [-0.2, 0) is 0 Å². The van der Waals surface area contributed by atoms with Crippen molar-refractivity contribution in [3.8, 4) is 0 Å². The highest BCUT2D eigenvalue weighted by molar-refractivity contribution is 5.52. The van der Waals surface area contributed by atoms with Gasteiger partial charge in [0.2, 0.25) is 0 Å². The van der Waals surface area contributed by atoms with Crippen molar-refractivity contribution in [3.63, 3.8) is 0 Å². The van der Waals surface area contributed by atoms with Crippen LogP contribution in [0.25, 0.3) is 12.2 Å². The van der Waals surface area contributed by atoms with Crippen LogP contribution >= 0.6 is 0 Å². The van der Waals surface area contributed by atoms with Gasteiger partial charge >= 0.3 is 0 Å². The van der Waals surface area contributed by atoms with E-state index in [1.165, 1.54) is 0 Å². The number of aromatic amines is 1. The summed E-state index contributed by atoms with van der Waals surface area (Å²) in [7, 11) is 0. The topological polar surface area (TPSA) is 41.6 Å². The third-order valence-electron chi connectivity index (χ3n) is 1.86. The van der Waals surface area contributed by atoms with Crippen molar-refractivity contribution in [2.75, 3.05) is 0 Å². The van der Waals surface area contributed by atoms with Crippen LogP contribution in [0.2, 0.25) is 0 Å². The average Bonchev–Trinajstić information content (AvgIpc) is 2.79. The molecule has 0 saturated carbocycles. The van der Waals surface area contributed by atoms with E-state index in [1.807, 2.05) is 48.6 Å². The zero-order valence-corrected chi connectivity index (χ0v) is 8.17. The number of pyridine rings is 1. The Bertz CT molecular complexity index is 441. The van der Waals surface area contributed by atoms with Crippen molar-refractivity contribution in [3.05, 3.63) is 60.2 Å². The maximum absolute atomic E-state index is 4.17. The molecule has 2 heterocycles.